The molecule has 0 atom stereocenters. The van der Waals surface area contributed by atoms with Crippen LogP contribution in [0.15, 0.2) is 71.5 Å². The van der Waals surface area contributed by atoms with E-state index in [9.17, 15) is 4.79 Å². The minimum Gasteiger partial charge on any atom is -0.360 e. The standard InChI is InChI=1S/C21H18N4O2/c1-14-18(19(24-27-14)15-7-4-3-5-8-15)21(26)23-17-10-6-9-16(13-17)20-22-11-12-25(20)2/h3-13H,1-2H3,(H,23,26). The minimum atomic E-state index is -0.260. The van der Waals surface area contributed by atoms with E-state index in [0.717, 1.165) is 17.0 Å². The highest BCUT2D eigenvalue weighted by Gasteiger charge is 2.21. The normalized spacial score (nSPS) is 10.7. The van der Waals surface area contributed by atoms with Gasteiger partial charge in [0.25, 0.3) is 5.91 Å². The Kier molecular flexibility index (Phi) is 4.30. The molecule has 0 aliphatic carbocycles. The minimum absolute atomic E-state index is 0.260. The van der Waals surface area contributed by atoms with Gasteiger partial charge in [0.05, 0.1) is 0 Å². The number of carbonyl (C=O) groups excluding carboxylic acids is 1. The second-order valence-corrected chi connectivity index (χ2v) is 6.23. The van der Waals surface area contributed by atoms with Crippen LogP contribution in [-0.4, -0.2) is 20.6 Å². The number of anilines is 1. The van der Waals surface area contributed by atoms with Crippen LogP contribution in [0.2, 0.25) is 0 Å². The molecule has 0 spiro atoms. The van der Waals surface area contributed by atoms with E-state index in [1.807, 2.05) is 72.4 Å². The van der Waals surface area contributed by atoms with Gasteiger partial charge < -0.3 is 14.4 Å². The third kappa shape index (κ3) is 3.25. The van der Waals surface area contributed by atoms with Crippen molar-refractivity contribution in [1.29, 1.82) is 0 Å². The summed E-state index contributed by atoms with van der Waals surface area (Å²) in [5.41, 5.74) is 3.40. The van der Waals surface area contributed by atoms with Crippen molar-refractivity contribution in [3.63, 3.8) is 0 Å². The first kappa shape index (κ1) is 16.8. The maximum Gasteiger partial charge on any atom is 0.261 e. The van der Waals surface area contributed by atoms with Crippen LogP contribution in [0.1, 0.15) is 16.1 Å². The van der Waals surface area contributed by atoms with Gasteiger partial charge in [-0.1, -0.05) is 47.6 Å². The van der Waals surface area contributed by atoms with E-state index in [-0.39, 0.29) is 5.91 Å². The molecule has 134 valence electrons. The number of rotatable bonds is 4. The summed E-state index contributed by atoms with van der Waals surface area (Å²) in [6, 6.07) is 17.1. The van der Waals surface area contributed by atoms with Crippen molar-refractivity contribution in [1.82, 2.24) is 14.7 Å². The van der Waals surface area contributed by atoms with Crippen molar-refractivity contribution in [3.05, 3.63) is 78.3 Å². The number of aromatic nitrogens is 3. The molecule has 6 heteroatoms. The van der Waals surface area contributed by atoms with Crippen LogP contribution in [0.3, 0.4) is 0 Å². The second-order valence-electron chi connectivity index (χ2n) is 6.23. The summed E-state index contributed by atoms with van der Waals surface area (Å²) in [6.07, 6.45) is 3.63. The molecule has 0 bridgehead atoms. The average Bonchev–Trinajstić information content (AvgIpc) is 3.28. The molecule has 1 amide bonds. The Morgan fingerprint density at radius 3 is 2.59 bits per heavy atom. The first-order valence-electron chi connectivity index (χ1n) is 8.54. The topological polar surface area (TPSA) is 73.0 Å². The Hall–Kier alpha value is -3.67. The summed E-state index contributed by atoms with van der Waals surface area (Å²) in [6.45, 7) is 1.73. The number of amides is 1. The van der Waals surface area contributed by atoms with Gasteiger partial charge in [-0.05, 0) is 19.1 Å². The molecule has 27 heavy (non-hydrogen) atoms. The molecule has 0 saturated heterocycles. The summed E-state index contributed by atoms with van der Waals surface area (Å²) < 4.78 is 7.21. The fraction of sp³-hybridized carbons (Fsp3) is 0.0952. The lowest BCUT2D eigenvalue weighted by molar-refractivity contribution is 0.102. The van der Waals surface area contributed by atoms with Crippen LogP contribution in [0.5, 0.6) is 0 Å². The van der Waals surface area contributed by atoms with Gasteiger partial charge in [-0.2, -0.15) is 0 Å². The number of hydrogen-bond acceptors (Lipinski definition) is 4. The molecular weight excluding hydrogens is 340 g/mol. The highest BCUT2D eigenvalue weighted by atomic mass is 16.5. The summed E-state index contributed by atoms with van der Waals surface area (Å²) in [5, 5.41) is 7.01. The zero-order chi connectivity index (χ0) is 18.8. The zero-order valence-electron chi connectivity index (χ0n) is 15.0. The van der Waals surface area contributed by atoms with Crippen molar-refractivity contribution in [2.45, 2.75) is 6.92 Å². The van der Waals surface area contributed by atoms with Crippen molar-refractivity contribution in [2.75, 3.05) is 5.32 Å². The largest absolute Gasteiger partial charge is 0.360 e. The van der Waals surface area contributed by atoms with Gasteiger partial charge in [-0.3, -0.25) is 4.79 Å². The van der Waals surface area contributed by atoms with Crippen LogP contribution in [0.4, 0.5) is 5.69 Å². The van der Waals surface area contributed by atoms with E-state index in [0.29, 0.717) is 22.7 Å². The van der Waals surface area contributed by atoms with Gasteiger partial charge in [0.2, 0.25) is 0 Å². The number of aryl methyl sites for hydroxylation is 2. The van der Waals surface area contributed by atoms with Crippen LogP contribution < -0.4 is 5.32 Å². The monoisotopic (exact) mass is 358 g/mol. The molecule has 0 radical (unpaired) electrons. The smallest absolute Gasteiger partial charge is 0.261 e. The average molecular weight is 358 g/mol. The van der Waals surface area contributed by atoms with Crippen LogP contribution in [-0.2, 0) is 7.05 Å². The lowest BCUT2D eigenvalue weighted by Gasteiger charge is -2.08. The number of imidazole rings is 1. The quantitative estimate of drug-likeness (QED) is 0.590. The number of nitrogens with zero attached hydrogens (tertiary/aromatic N) is 3. The maximum absolute atomic E-state index is 12.9. The predicted octanol–water partition coefficient (Wildman–Crippen LogP) is 4.30. The molecule has 4 rings (SSSR count). The molecule has 0 saturated carbocycles. The summed E-state index contributed by atoms with van der Waals surface area (Å²) >= 11 is 0. The fourth-order valence-electron chi connectivity index (χ4n) is 3.01. The molecule has 2 aromatic heterocycles. The third-order valence-electron chi connectivity index (χ3n) is 4.34. The van der Waals surface area contributed by atoms with Crippen molar-refractivity contribution >= 4 is 11.6 Å². The lowest BCUT2D eigenvalue weighted by Crippen LogP contribution is -2.13. The fourth-order valence-corrected chi connectivity index (χ4v) is 3.01. The predicted molar refractivity (Wildman–Crippen MR) is 103 cm³/mol. The number of carbonyl (C=O) groups is 1. The Morgan fingerprint density at radius 2 is 1.85 bits per heavy atom. The van der Waals surface area contributed by atoms with E-state index in [4.69, 9.17) is 4.52 Å². The van der Waals surface area contributed by atoms with E-state index < -0.39 is 0 Å². The lowest BCUT2D eigenvalue weighted by atomic mass is 10.1. The molecule has 2 heterocycles. The van der Waals surface area contributed by atoms with Crippen LogP contribution in [0, 0.1) is 6.92 Å². The highest BCUT2D eigenvalue weighted by Crippen LogP contribution is 2.27. The van der Waals surface area contributed by atoms with E-state index >= 15 is 0 Å². The molecule has 0 fully saturated rings. The van der Waals surface area contributed by atoms with Gasteiger partial charge in [-0.25, -0.2) is 4.98 Å². The summed E-state index contributed by atoms with van der Waals surface area (Å²) in [5.74, 6) is 1.05. The van der Waals surface area contributed by atoms with Crippen LogP contribution in [0.25, 0.3) is 22.6 Å². The first-order chi connectivity index (χ1) is 13.1. The van der Waals surface area contributed by atoms with Crippen molar-refractivity contribution in [3.8, 4) is 22.6 Å². The first-order valence-corrected chi connectivity index (χ1v) is 8.54. The molecule has 0 aliphatic rings. The Labute approximate surface area is 156 Å². The highest BCUT2D eigenvalue weighted by molar-refractivity contribution is 6.08. The van der Waals surface area contributed by atoms with Crippen LogP contribution >= 0.6 is 0 Å². The van der Waals surface area contributed by atoms with E-state index in [1.165, 1.54) is 0 Å². The van der Waals surface area contributed by atoms with Gasteiger partial charge in [0.15, 0.2) is 0 Å². The SMILES string of the molecule is Cc1onc(-c2ccccc2)c1C(=O)Nc1cccc(-c2nccn2C)c1. The van der Waals surface area contributed by atoms with Crippen molar-refractivity contribution < 1.29 is 9.32 Å². The summed E-state index contributed by atoms with van der Waals surface area (Å²) in [7, 11) is 1.93. The molecule has 4 aromatic rings. The molecule has 0 unspecified atom stereocenters. The van der Waals surface area contributed by atoms with Gasteiger partial charge >= 0.3 is 0 Å². The van der Waals surface area contributed by atoms with Gasteiger partial charge in [-0.15, -0.1) is 0 Å². The second kappa shape index (κ2) is 6.92. The molecule has 0 aliphatic heterocycles. The Bertz CT molecular complexity index is 1100. The zero-order valence-corrected chi connectivity index (χ0v) is 15.0. The molecule has 2 aromatic carbocycles. The maximum atomic E-state index is 12.9. The van der Waals surface area contributed by atoms with Gasteiger partial charge in [0.1, 0.15) is 22.8 Å². The summed E-state index contributed by atoms with van der Waals surface area (Å²) in [4.78, 5) is 17.3. The number of hydrogen-bond donors (Lipinski definition) is 1. The van der Waals surface area contributed by atoms with Crippen molar-refractivity contribution in [2.24, 2.45) is 7.05 Å². The Balaban J connectivity index is 1.65. The van der Waals surface area contributed by atoms with E-state index in [2.05, 4.69) is 15.5 Å². The molecular formula is C21H18N4O2. The van der Waals surface area contributed by atoms with Gasteiger partial charge in [0, 0.05) is 36.3 Å². The third-order valence-corrected chi connectivity index (χ3v) is 4.34. The number of benzene rings is 2. The van der Waals surface area contributed by atoms with E-state index in [1.54, 1.807) is 13.1 Å². The Morgan fingerprint density at radius 1 is 1.07 bits per heavy atom. The number of nitrogens with one attached hydrogen (secondary N) is 1. The molecule has 1 N–H and O–H groups in total. The molecule has 6 nitrogen and oxygen atoms in total.